The van der Waals surface area contributed by atoms with Crippen LogP contribution in [0.1, 0.15) is 6.92 Å². The van der Waals surface area contributed by atoms with Gasteiger partial charge in [-0.1, -0.05) is 31.9 Å². The van der Waals surface area contributed by atoms with Gasteiger partial charge in [-0.25, -0.2) is 8.42 Å². The Morgan fingerprint density at radius 3 is 1.49 bits per heavy atom. The largest absolute Gasteiger partial charge is 0.744 e. The van der Waals surface area contributed by atoms with Crippen LogP contribution in [-0.2, 0) is 14.9 Å². The van der Waals surface area contributed by atoms with Gasteiger partial charge in [0.2, 0.25) is 0 Å². The Bertz CT molecular complexity index is 1420. The van der Waals surface area contributed by atoms with Crippen LogP contribution >= 0.6 is 141 Å². The van der Waals surface area contributed by atoms with Gasteiger partial charge in [-0.3, -0.25) is 4.79 Å². The summed E-state index contributed by atoms with van der Waals surface area (Å²) in [6, 6.07) is 9.85. The molecule has 0 spiro atoms. The minimum atomic E-state index is -4.71. The van der Waals surface area contributed by atoms with Crippen molar-refractivity contribution in [1.29, 1.82) is 0 Å². The number of ether oxygens (including phenoxy) is 3. The lowest BCUT2D eigenvalue weighted by atomic mass is 9.93. The maximum absolute atomic E-state index is 13.6. The normalized spacial score (nSPS) is 11.8. The first kappa shape index (κ1) is 34.5. The van der Waals surface area contributed by atoms with Crippen molar-refractivity contribution in [2.24, 2.45) is 5.41 Å². The van der Waals surface area contributed by atoms with E-state index in [0.717, 1.165) is 8.95 Å². The van der Waals surface area contributed by atoms with Gasteiger partial charge < -0.3 is 18.8 Å². The molecular formula is C23H13Br6I2O7S-. The maximum atomic E-state index is 13.6. The number of hydrogen-bond acceptors (Lipinski definition) is 7. The fourth-order valence-electron chi connectivity index (χ4n) is 3.02. The lowest BCUT2D eigenvalue weighted by molar-refractivity contribution is -0.148. The molecule has 0 aliphatic rings. The summed E-state index contributed by atoms with van der Waals surface area (Å²) in [4.78, 5) is 13.2. The molecule has 0 unspecified atom stereocenters. The summed E-state index contributed by atoms with van der Waals surface area (Å²) in [6.45, 7) is 1.35. The standard InChI is InChI=1S/C23H14Br6I2O7S/c1-23(8-36-19-13(26)2-10(24)3-14(19)27,9-37-20-15(28)4-11(25)5-16(20)29)22(32)38-12-6-17(30)21(18(31)7-12)39(33,34)35/h2-7H,8-9H2,1H3,(H,33,34,35)/p-1. The fraction of sp³-hybridized carbons (Fsp3) is 0.174. The predicted molar refractivity (Wildman–Crippen MR) is 184 cm³/mol. The molecule has 0 aliphatic heterocycles. The van der Waals surface area contributed by atoms with Gasteiger partial charge in [0, 0.05) is 16.1 Å². The van der Waals surface area contributed by atoms with E-state index >= 15 is 0 Å². The van der Waals surface area contributed by atoms with Gasteiger partial charge in [-0.15, -0.1) is 0 Å². The molecule has 0 bridgehead atoms. The highest BCUT2D eigenvalue weighted by Gasteiger charge is 2.39. The molecule has 0 radical (unpaired) electrons. The number of halogens is 8. The number of esters is 1. The summed E-state index contributed by atoms with van der Waals surface area (Å²) in [5.41, 5.74) is -1.35. The van der Waals surface area contributed by atoms with Crippen molar-refractivity contribution in [3.63, 3.8) is 0 Å². The first-order chi connectivity index (χ1) is 18.0. The van der Waals surface area contributed by atoms with Crippen molar-refractivity contribution < 1.29 is 32.0 Å². The number of carbonyl (C=O) groups is 1. The van der Waals surface area contributed by atoms with Crippen LogP contribution in [0.25, 0.3) is 0 Å². The predicted octanol–water partition coefficient (Wildman–Crippen LogP) is 9.44. The molecule has 39 heavy (non-hydrogen) atoms. The molecule has 0 N–H and O–H groups in total. The number of rotatable bonds is 9. The van der Waals surface area contributed by atoms with Gasteiger partial charge in [-0.2, -0.15) is 0 Å². The molecule has 0 heterocycles. The lowest BCUT2D eigenvalue weighted by Crippen LogP contribution is -2.42. The third-order valence-electron chi connectivity index (χ3n) is 4.92. The highest BCUT2D eigenvalue weighted by molar-refractivity contribution is 14.1. The van der Waals surface area contributed by atoms with E-state index in [0.29, 0.717) is 29.4 Å². The Morgan fingerprint density at radius 1 is 0.795 bits per heavy atom. The van der Waals surface area contributed by atoms with Crippen LogP contribution < -0.4 is 14.2 Å². The number of carbonyl (C=O) groups excluding carboxylic acids is 1. The highest BCUT2D eigenvalue weighted by atomic mass is 127. The molecule has 0 saturated heterocycles. The van der Waals surface area contributed by atoms with Crippen molar-refractivity contribution in [1.82, 2.24) is 0 Å². The van der Waals surface area contributed by atoms with Gasteiger partial charge in [0.1, 0.15) is 46.0 Å². The molecule has 16 heteroatoms. The topological polar surface area (TPSA) is 102 Å². The Kier molecular flexibility index (Phi) is 12.5. The second-order valence-corrected chi connectivity index (χ2v) is 17.0. The highest BCUT2D eigenvalue weighted by Crippen LogP contribution is 2.40. The smallest absolute Gasteiger partial charge is 0.324 e. The molecule has 210 valence electrons. The van der Waals surface area contributed by atoms with Crippen molar-refractivity contribution in [3.05, 3.63) is 70.4 Å². The molecule has 3 rings (SSSR count). The van der Waals surface area contributed by atoms with E-state index in [9.17, 15) is 17.8 Å². The second kappa shape index (κ2) is 14.2. The maximum Gasteiger partial charge on any atom is 0.324 e. The van der Waals surface area contributed by atoms with E-state index in [1.165, 1.54) is 12.1 Å². The molecule has 0 fully saturated rings. The number of hydrogen-bond donors (Lipinski definition) is 0. The van der Waals surface area contributed by atoms with Crippen LogP contribution in [0.4, 0.5) is 0 Å². The van der Waals surface area contributed by atoms with Gasteiger partial charge in [0.15, 0.2) is 0 Å². The van der Waals surface area contributed by atoms with Crippen LogP contribution in [0.5, 0.6) is 17.2 Å². The zero-order valence-electron chi connectivity index (χ0n) is 19.2. The molecule has 0 saturated carbocycles. The summed E-state index contributed by atoms with van der Waals surface area (Å²) in [7, 11) is -4.71. The summed E-state index contributed by atoms with van der Waals surface area (Å²) >= 11 is 24.2. The monoisotopic (exact) mass is 1160 g/mol. The van der Waals surface area contributed by atoms with Gasteiger partial charge in [-0.05, 0) is 152 Å². The Hall–Kier alpha value is 0.980. The third-order valence-corrected chi connectivity index (χ3v) is 11.6. The molecule has 0 atom stereocenters. The van der Waals surface area contributed by atoms with Gasteiger partial charge >= 0.3 is 5.97 Å². The Morgan fingerprint density at radius 2 is 1.15 bits per heavy atom. The molecule has 7 nitrogen and oxygen atoms in total. The third kappa shape index (κ3) is 9.00. The summed E-state index contributed by atoms with van der Waals surface area (Å²) in [5, 5.41) is 0. The molecular weight excluding hydrogens is 1150 g/mol. The van der Waals surface area contributed by atoms with E-state index in [1.807, 2.05) is 0 Å². The van der Waals surface area contributed by atoms with Crippen molar-refractivity contribution in [2.75, 3.05) is 13.2 Å². The zero-order valence-corrected chi connectivity index (χ0v) is 33.8. The van der Waals surface area contributed by atoms with Gasteiger partial charge in [0.05, 0.1) is 22.8 Å². The van der Waals surface area contributed by atoms with Crippen LogP contribution in [0, 0.1) is 12.6 Å². The van der Waals surface area contributed by atoms with E-state index in [-0.39, 0.29) is 31.0 Å². The van der Waals surface area contributed by atoms with Gasteiger partial charge in [0.25, 0.3) is 0 Å². The summed E-state index contributed by atoms with van der Waals surface area (Å²) < 4.78 is 57.2. The van der Waals surface area contributed by atoms with Crippen LogP contribution in [0.2, 0.25) is 0 Å². The molecule has 0 aliphatic carbocycles. The van der Waals surface area contributed by atoms with Crippen LogP contribution in [0.3, 0.4) is 0 Å². The Labute approximate surface area is 302 Å². The van der Waals surface area contributed by atoms with E-state index < -0.39 is 21.5 Å². The number of benzene rings is 3. The molecule has 0 amide bonds. The zero-order chi connectivity index (χ0) is 29.3. The quantitative estimate of drug-likeness (QED) is 0.0912. The van der Waals surface area contributed by atoms with E-state index in [4.69, 9.17) is 14.2 Å². The van der Waals surface area contributed by atoms with E-state index in [2.05, 4.69) is 95.6 Å². The molecule has 0 aromatic heterocycles. The van der Waals surface area contributed by atoms with Crippen molar-refractivity contribution in [3.8, 4) is 17.2 Å². The summed E-state index contributed by atoms with van der Waals surface area (Å²) in [6.07, 6.45) is 0. The average Bonchev–Trinajstić information content (AvgIpc) is 2.76. The van der Waals surface area contributed by atoms with Crippen LogP contribution in [0.15, 0.2) is 68.1 Å². The minimum Gasteiger partial charge on any atom is -0.744 e. The van der Waals surface area contributed by atoms with E-state index in [1.54, 1.807) is 76.4 Å². The molecule has 3 aromatic rings. The van der Waals surface area contributed by atoms with Crippen molar-refractivity contribution >= 4 is 157 Å². The minimum absolute atomic E-state index is 0.0735. The SMILES string of the molecule is CC(COc1c(Br)cc(Br)cc1Br)(COc1c(Br)cc(Br)cc1Br)C(=O)Oc1cc(I)c(S(=O)(=O)[O-])c(I)c1. The first-order valence-electron chi connectivity index (χ1n) is 10.2. The summed E-state index contributed by atoms with van der Waals surface area (Å²) in [5.74, 6) is 0.319. The Balaban J connectivity index is 1.95. The molecule has 3 aromatic carbocycles. The average molecular weight is 1170 g/mol. The fourth-order valence-corrected chi connectivity index (χ4v) is 11.9. The first-order valence-corrected chi connectivity index (χ1v) is 18.6. The van der Waals surface area contributed by atoms with Crippen LogP contribution in [-0.4, -0.2) is 32.2 Å². The second-order valence-electron chi connectivity index (χ2n) is 8.09. The lowest BCUT2D eigenvalue weighted by Gasteiger charge is -2.28. The van der Waals surface area contributed by atoms with Crippen molar-refractivity contribution in [2.45, 2.75) is 11.8 Å².